The Labute approximate surface area is 103 Å². The molecule has 1 rings (SSSR count). The van der Waals surface area contributed by atoms with E-state index in [4.69, 9.17) is 11.6 Å². The molecular weight excluding hydrogens is 276 g/mol. The third-order valence-corrected chi connectivity index (χ3v) is 4.28. The topological polar surface area (TPSA) is 66.1 Å². The molecule has 0 aliphatic carbocycles. The van der Waals surface area contributed by atoms with E-state index in [0.717, 1.165) is 7.05 Å². The molecule has 0 radical (unpaired) electrons. The summed E-state index contributed by atoms with van der Waals surface area (Å²) in [6, 6.07) is 0. The SMILES string of the molecule is Cc1[nH]nc(S(=O)(=O)N(C)CC(F)F)c1CCl. The van der Waals surface area contributed by atoms with Crippen molar-refractivity contribution in [1.29, 1.82) is 0 Å². The number of nitrogens with zero attached hydrogens (tertiary/aromatic N) is 2. The monoisotopic (exact) mass is 287 g/mol. The summed E-state index contributed by atoms with van der Waals surface area (Å²) >= 11 is 5.60. The number of H-pyrrole nitrogens is 1. The molecule has 0 unspecified atom stereocenters. The molecule has 5 nitrogen and oxygen atoms in total. The van der Waals surface area contributed by atoms with E-state index < -0.39 is 23.0 Å². The standard InChI is InChI=1S/C8H12ClF2N3O2S/c1-5-6(3-9)8(13-12-5)17(15,16)14(2)4-7(10)11/h7H,3-4H2,1-2H3,(H,12,13). The van der Waals surface area contributed by atoms with Gasteiger partial charge < -0.3 is 0 Å². The van der Waals surface area contributed by atoms with Crippen molar-refractivity contribution in [2.45, 2.75) is 24.3 Å². The van der Waals surface area contributed by atoms with Crippen LogP contribution in [0.25, 0.3) is 0 Å². The second kappa shape index (κ2) is 5.28. The van der Waals surface area contributed by atoms with Gasteiger partial charge in [0.05, 0.1) is 12.4 Å². The van der Waals surface area contributed by atoms with Crippen molar-refractivity contribution >= 4 is 21.6 Å². The van der Waals surface area contributed by atoms with Gasteiger partial charge in [0.15, 0.2) is 5.03 Å². The van der Waals surface area contributed by atoms with E-state index >= 15 is 0 Å². The van der Waals surface area contributed by atoms with Crippen molar-refractivity contribution in [2.24, 2.45) is 0 Å². The van der Waals surface area contributed by atoms with Crippen LogP contribution in [0, 0.1) is 6.92 Å². The van der Waals surface area contributed by atoms with Gasteiger partial charge in [0.1, 0.15) is 0 Å². The van der Waals surface area contributed by atoms with Gasteiger partial charge in [-0.25, -0.2) is 17.2 Å². The zero-order valence-corrected chi connectivity index (χ0v) is 10.8. The molecule has 0 bridgehead atoms. The maximum atomic E-state index is 12.2. The molecule has 1 N–H and O–H groups in total. The summed E-state index contributed by atoms with van der Waals surface area (Å²) in [6.07, 6.45) is -2.74. The fourth-order valence-corrected chi connectivity index (χ4v) is 2.95. The van der Waals surface area contributed by atoms with Gasteiger partial charge in [-0.3, -0.25) is 5.10 Å². The van der Waals surface area contributed by atoms with Crippen LogP contribution in [0.3, 0.4) is 0 Å². The molecule has 0 amide bonds. The second-order valence-corrected chi connectivity index (χ2v) is 5.67. The van der Waals surface area contributed by atoms with E-state index in [1.165, 1.54) is 0 Å². The number of alkyl halides is 3. The number of aromatic nitrogens is 2. The van der Waals surface area contributed by atoms with Crippen LogP contribution in [-0.2, 0) is 15.9 Å². The first-order valence-electron chi connectivity index (χ1n) is 4.65. The van der Waals surface area contributed by atoms with Crippen LogP contribution in [0.15, 0.2) is 5.03 Å². The summed E-state index contributed by atoms with van der Waals surface area (Å²) in [7, 11) is -2.96. The third-order valence-electron chi connectivity index (χ3n) is 2.22. The minimum atomic E-state index is -4.03. The van der Waals surface area contributed by atoms with Gasteiger partial charge in [-0.2, -0.15) is 9.40 Å². The number of nitrogens with one attached hydrogen (secondary N) is 1. The molecule has 0 aromatic carbocycles. The Kier molecular flexibility index (Phi) is 4.45. The average molecular weight is 288 g/mol. The Morgan fingerprint density at radius 1 is 1.53 bits per heavy atom. The summed E-state index contributed by atoms with van der Waals surface area (Å²) in [6.45, 7) is 0.729. The minimum absolute atomic E-state index is 0.0561. The smallest absolute Gasteiger partial charge is 0.262 e. The number of aromatic amines is 1. The summed E-state index contributed by atoms with van der Waals surface area (Å²) in [5.41, 5.74) is 0.803. The van der Waals surface area contributed by atoms with Crippen molar-refractivity contribution in [3.05, 3.63) is 11.3 Å². The molecule has 17 heavy (non-hydrogen) atoms. The molecule has 1 aromatic rings. The Morgan fingerprint density at radius 3 is 2.59 bits per heavy atom. The van der Waals surface area contributed by atoms with E-state index in [1.54, 1.807) is 6.92 Å². The molecule has 0 atom stereocenters. The molecule has 0 saturated carbocycles. The van der Waals surface area contributed by atoms with Crippen LogP contribution in [-0.4, -0.2) is 42.9 Å². The predicted octanol–water partition coefficient (Wildman–Crippen LogP) is 1.34. The van der Waals surface area contributed by atoms with Crippen molar-refractivity contribution in [1.82, 2.24) is 14.5 Å². The molecule has 0 aliphatic rings. The third kappa shape index (κ3) is 2.93. The van der Waals surface area contributed by atoms with Crippen molar-refractivity contribution < 1.29 is 17.2 Å². The normalized spacial score (nSPS) is 12.6. The zero-order valence-electron chi connectivity index (χ0n) is 9.24. The summed E-state index contributed by atoms with van der Waals surface area (Å²) in [5, 5.41) is 5.78. The lowest BCUT2D eigenvalue weighted by Crippen LogP contribution is -2.32. The van der Waals surface area contributed by atoms with Crippen LogP contribution in [0.5, 0.6) is 0 Å². The Morgan fingerprint density at radius 2 is 2.12 bits per heavy atom. The van der Waals surface area contributed by atoms with E-state index in [2.05, 4.69) is 10.2 Å². The van der Waals surface area contributed by atoms with Gasteiger partial charge in [-0.1, -0.05) is 0 Å². The van der Waals surface area contributed by atoms with Gasteiger partial charge in [0, 0.05) is 18.3 Å². The van der Waals surface area contributed by atoms with E-state index in [1.807, 2.05) is 0 Å². The molecule has 1 heterocycles. The van der Waals surface area contributed by atoms with Gasteiger partial charge in [-0.05, 0) is 6.92 Å². The lowest BCUT2D eigenvalue weighted by atomic mass is 10.3. The number of rotatable bonds is 5. The predicted molar refractivity (Wildman–Crippen MR) is 58.7 cm³/mol. The maximum Gasteiger partial charge on any atom is 0.262 e. The van der Waals surface area contributed by atoms with Gasteiger partial charge in [0.2, 0.25) is 0 Å². The fourth-order valence-electron chi connectivity index (χ4n) is 1.24. The Bertz CT molecular complexity index is 489. The lowest BCUT2D eigenvalue weighted by molar-refractivity contribution is 0.126. The lowest BCUT2D eigenvalue weighted by Gasteiger charge is -2.15. The first-order valence-corrected chi connectivity index (χ1v) is 6.62. The van der Waals surface area contributed by atoms with Crippen molar-refractivity contribution in [2.75, 3.05) is 13.6 Å². The van der Waals surface area contributed by atoms with Crippen LogP contribution >= 0.6 is 11.6 Å². The number of sulfonamides is 1. The van der Waals surface area contributed by atoms with E-state index in [9.17, 15) is 17.2 Å². The first-order chi connectivity index (χ1) is 7.80. The van der Waals surface area contributed by atoms with Crippen molar-refractivity contribution in [3.63, 3.8) is 0 Å². The Balaban J connectivity index is 3.13. The van der Waals surface area contributed by atoms with Gasteiger partial charge in [-0.15, -0.1) is 11.6 Å². The van der Waals surface area contributed by atoms with Gasteiger partial charge >= 0.3 is 0 Å². The quantitative estimate of drug-likeness (QED) is 0.831. The summed E-state index contributed by atoms with van der Waals surface area (Å²) < 4.78 is 48.7. The zero-order chi connectivity index (χ0) is 13.2. The molecule has 0 saturated heterocycles. The highest BCUT2D eigenvalue weighted by atomic mass is 35.5. The number of hydrogen-bond acceptors (Lipinski definition) is 3. The summed E-state index contributed by atoms with van der Waals surface area (Å²) in [4.78, 5) is 0. The number of halogens is 3. The molecule has 0 spiro atoms. The van der Waals surface area contributed by atoms with Gasteiger partial charge in [0.25, 0.3) is 16.4 Å². The largest absolute Gasteiger partial charge is 0.281 e. The van der Waals surface area contributed by atoms with E-state index in [-0.39, 0.29) is 10.9 Å². The molecule has 0 aliphatic heterocycles. The minimum Gasteiger partial charge on any atom is -0.281 e. The van der Waals surface area contributed by atoms with Crippen molar-refractivity contribution in [3.8, 4) is 0 Å². The van der Waals surface area contributed by atoms with E-state index in [0.29, 0.717) is 15.6 Å². The highest BCUT2D eigenvalue weighted by molar-refractivity contribution is 7.89. The molecule has 0 fully saturated rings. The molecular formula is C8H12ClF2N3O2S. The maximum absolute atomic E-state index is 12.2. The Hall–Kier alpha value is -0.730. The number of aryl methyl sites for hydroxylation is 1. The average Bonchev–Trinajstić information content (AvgIpc) is 2.58. The fraction of sp³-hybridized carbons (Fsp3) is 0.625. The van der Waals surface area contributed by atoms with Crippen LogP contribution in [0.2, 0.25) is 0 Å². The molecule has 98 valence electrons. The highest BCUT2D eigenvalue weighted by Crippen LogP contribution is 2.21. The molecule has 9 heteroatoms. The van der Waals surface area contributed by atoms with Crippen LogP contribution in [0.4, 0.5) is 8.78 Å². The highest BCUT2D eigenvalue weighted by Gasteiger charge is 2.29. The molecule has 1 aromatic heterocycles. The summed E-state index contributed by atoms with van der Waals surface area (Å²) in [5.74, 6) is -0.0561. The van der Waals surface area contributed by atoms with Crippen LogP contribution < -0.4 is 0 Å². The second-order valence-electron chi connectivity index (χ2n) is 3.44. The number of hydrogen-bond donors (Lipinski definition) is 1. The van der Waals surface area contributed by atoms with Crippen LogP contribution in [0.1, 0.15) is 11.3 Å². The first kappa shape index (κ1) is 14.3.